The van der Waals surface area contributed by atoms with Gasteiger partial charge in [-0.15, -0.1) is 0 Å². The Morgan fingerprint density at radius 2 is 1.57 bits per heavy atom. The monoisotopic (exact) mass is 484 g/mol. The quantitative estimate of drug-likeness (QED) is 0.426. The molecular weight excluding hydrogens is 468 g/mol. The number of halogens is 2. The van der Waals surface area contributed by atoms with Crippen LogP contribution in [0.4, 0.5) is 11.4 Å². The molecule has 9 heteroatoms. The van der Waals surface area contributed by atoms with Gasteiger partial charge in [-0.3, -0.25) is 0 Å². The minimum atomic E-state index is -0.550. The molecule has 148 valence electrons. The number of thiocarbonyl (C=S) groups is 1. The summed E-state index contributed by atoms with van der Waals surface area (Å²) >= 11 is 14.8. The smallest absolute Gasteiger partial charge is 0.338 e. The van der Waals surface area contributed by atoms with E-state index in [4.69, 9.17) is 33.3 Å². The van der Waals surface area contributed by atoms with Gasteiger partial charge in [-0.2, -0.15) is 0 Å². The Balaban J connectivity index is 2.25. The van der Waals surface area contributed by atoms with Crippen molar-refractivity contribution in [3.63, 3.8) is 0 Å². The van der Waals surface area contributed by atoms with Crippen molar-refractivity contribution in [1.82, 2.24) is 0 Å². The highest BCUT2D eigenvalue weighted by Crippen LogP contribution is 2.26. The molecular formula is C19H18BrClN2O4S. The summed E-state index contributed by atoms with van der Waals surface area (Å²) in [5, 5.41) is 6.62. The Hall–Kier alpha value is -2.16. The number of carbonyl (C=O) groups excluding carboxylic acids is 2. The van der Waals surface area contributed by atoms with Gasteiger partial charge in [0.25, 0.3) is 0 Å². The van der Waals surface area contributed by atoms with E-state index in [1.165, 1.54) is 18.2 Å². The molecule has 0 fully saturated rings. The molecule has 0 aromatic heterocycles. The number of carbonyl (C=O) groups is 2. The topological polar surface area (TPSA) is 76.7 Å². The molecule has 2 N–H and O–H groups in total. The van der Waals surface area contributed by atoms with Gasteiger partial charge < -0.3 is 20.1 Å². The summed E-state index contributed by atoms with van der Waals surface area (Å²) in [5.41, 5.74) is 1.45. The zero-order valence-corrected chi connectivity index (χ0v) is 18.3. The van der Waals surface area contributed by atoms with Gasteiger partial charge in [-0.05, 0) is 62.5 Å². The second-order valence-electron chi connectivity index (χ2n) is 5.44. The van der Waals surface area contributed by atoms with Crippen LogP contribution in [-0.4, -0.2) is 30.3 Å². The molecule has 0 aliphatic carbocycles. The second kappa shape index (κ2) is 10.4. The first-order valence-corrected chi connectivity index (χ1v) is 9.94. The maximum atomic E-state index is 12.1. The van der Waals surface area contributed by atoms with Crippen LogP contribution in [0.5, 0.6) is 0 Å². The van der Waals surface area contributed by atoms with Gasteiger partial charge in [-0.1, -0.05) is 27.5 Å². The highest BCUT2D eigenvalue weighted by Gasteiger charge is 2.15. The van der Waals surface area contributed by atoms with Crippen molar-refractivity contribution >= 4 is 68.2 Å². The first-order valence-electron chi connectivity index (χ1n) is 8.36. The molecule has 0 atom stereocenters. The van der Waals surface area contributed by atoms with E-state index in [0.29, 0.717) is 16.4 Å². The van der Waals surface area contributed by atoms with Gasteiger partial charge in [0.15, 0.2) is 5.11 Å². The molecule has 0 heterocycles. The Bertz CT molecular complexity index is 871. The Morgan fingerprint density at radius 3 is 2.07 bits per heavy atom. The van der Waals surface area contributed by atoms with Crippen molar-refractivity contribution in [1.29, 1.82) is 0 Å². The van der Waals surface area contributed by atoms with Crippen LogP contribution in [0, 0.1) is 0 Å². The van der Waals surface area contributed by atoms with Crippen LogP contribution in [0.1, 0.15) is 34.6 Å². The number of benzene rings is 2. The molecule has 0 amide bonds. The molecule has 0 bridgehead atoms. The van der Waals surface area contributed by atoms with E-state index >= 15 is 0 Å². The number of anilines is 2. The largest absolute Gasteiger partial charge is 0.462 e. The molecule has 28 heavy (non-hydrogen) atoms. The lowest BCUT2D eigenvalue weighted by atomic mass is 10.1. The zero-order valence-electron chi connectivity index (χ0n) is 15.2. The van der Waals surface area contributed by atoms with Crippen LogP contribution in [0.3, 0.4) is 0 Å². The number of hydrogen-bond donors (Lipinski definition) is 2. The molecule has 0 saturated heterocycles. The van der Waals surface area contributed by atoms with Gasteiger partial charge >= 0.3 is 11.9 Å². The number of hydrogen-bond acceptors (Lipinski definition) is 5. The predicted octanol–water partition coefficient (Wildman–Crippen LogP) is 5.26. The van der Waals surface area contributed by atoms with Gasteiger partial charge in [0.1, 0.15) is 0 Å². The van der Waals surface area contributed by atoms with E-state index in [0.717, 1.165) is 4.47 Å². The number of rotatable bonds is 6. The summed E-state index contributed by atoms with van der Waals surface area (Å²) in [6, 6.07) is 9.81. The predicted molar refractivity (Wildman–Crippen MR) is 117 cm³/mol. The van der Waals surface area contributed by atoms with Crippen LogP contribution in [0.2, 0.25) is 5.02 Å². The van der Waals surface area contributed by atoms with E-state index in [2.05, 4.69) is 26.6 Å². The molecule has 0 aliphatic heterocycles. The average molecular weight is 486 g/mol. The van der Waals surface area contributed by atoms with Gasteiger partial charge in [0.2, 0.25) is 0 Å². The minimum absolute atomic E-state index is 0.208. The van der Waals surface area contributed by atoms with Crippen LogP contribution >= 0.6 is 39.7 Å². The molecule has 6 nitrogen and oxygen atoms in total. The highest BCUT2D eigenvalue weighted by molar-refractivity contribution is 9.10. The lowest BCUT2D eigenvalue weighted by Gasteiger charge is -2.14. The summed E-state index contributed by atoms with van der Waals surface area (Å²) in [5.74, 6) is -1.10. The normalized spacial score (nSPS) is 10.1. The van der Waals surface area contributed by atoms with Crippen LogP contribution < -0.4 is 10.6 Å². The standard InChI is InChI=1S/C19H18BrClN2O4S/c1-3-26-17(24)11-7-12(18(25)27-4-2)9-14(8-11)22-19(28)23-16-6-5-13(20)10-15(16)21/h5-10H,3-4H2,1-2H3,(H2,22,23,28). The van der Waals surface area contributed by atoms with Crippen LogP contribution in [-0.2, 0) is 9.47 Å². The number of nitrogens with one attached hydrogen (secondary N) is 2. The number of esters is 2. The van der Waals surface area contributed by atoms with Gasteiger partial charge in [-0.25, -0.2) is 9.59 Å². The van der Waals surface area contributed by atoms with Gasteiger partial charge in [0.05, 0.1) is 35.1 Å². The van der Waals surface area contributed by atoms with Crippen molar-refractivity contribution in [3.8, 4) is 0 Å². The maximum absolute atomic E-state index is 12.1. The third kappa shape index (κ3) is 6.19. The van der Waals surface area contributed by atoms with E-state index in [9.17, 15) is 9.59 Å². The molecule has 0 unspecified atom stereocenters. The van der Waals surface area contributed by atoms with E-state index in [1.807, 2.05) is 6.07 Å². The average Bonchev–Trinajstić information content (AvgIpc) is 2.64. The molecule has 2 aromatic carbocycles. The Morgan fingerprint density at radius 1 is 1.00 bits per heavy atom. The lowest BCUT2D eigenvalue weighted by Crippen LogP contribution is -2.20. The first kappa shape index (κ1) is 22.1. The summed E-state index contributed by atoms with van der Waals surface area (Å²) < 4.78 is 10.9. The molecule has 0 radical (unpaired) electrons. The highest BCUT2D eigenvalue weighted by atomic mass is 79.9. The third-order valence-corrected chi connectivity index (χ3v) is 4.40. The molecule has 0 saturated carbocycles. The SMILES string of the molecule is CCOC(=O)c1cc(NC(=S)Nc2ccc(Br)cc2Cl)cc(C(=O)OCC)c1. The van der Waals surface area contributed by atoms with E-state index in [1.54, 1.807) is 26.0 Å². The van der Waals surface area contributed by atoms with E-state index in [-0.39, 0.29) is 29.5 Å². The third-order valence-electron chi connectivity index (χ3n) is 3.39. The Labute approximate surface area is 181 Å². The van der Waals surface area contributed by atoms with Crippen molar-refractivity contribution in [2.24, 2.45) is 0 Å². The van der Waals surface area contributed by atoms with Crippen LogP contribution in [0.25, 0.3) is 0 Å². The molecule has 2 aromatic rings. The second-order valence-corrected chi connectivity index (χ2v) is 7.17. The van der Waals surface area contributed by atoms with Crippen molar-refractivity contribution in [2.45, 2.75) is 13.8 Å². The Kier molecular flexibility index (Phi) is 8.22. The summed E-state index contributed by atoms with van der Waals surface area (Å²) in [6.07, 6.45) is 0. The maximum Gasteiger partial charge on any atom is 0.338 e. The summed E-state index contributed by atoms with van der Waals surface area (Å²) in [6.45, 7) is 3.83. The molecule has 2 rings (SSSR count). The van der Waals surface area contributed by atoms with Crippen LogP contribution in [0.15, 0.2) is 40.9 Å². The fourth-order valence-electron chi connectivity index (χ4n) is 2.24. The summed E-state index contributed by atoms with van der Waals surface area (Å²) in [4.78, 5) is 24.2. The molecule has 0 spiro atoms. The fourth-order valence-corrected chi connectivity index (χ4v) is 3.19. The first-order chi connectivity index (χ1) is 13.3. The summed E-state index contributed by atoms with van der Waals surface area (Å²) in [7, 11) is 0. The van der Waals surface area contributed by atoms with E-state index < -0.39 is 11.9 Å². The van der Waals surface area contributed by atoms with Gasteiger partial charge in [0, 0.05) is 10.2 Å². The minimum Gasteiger partial charge on any atom is -0.462 e. The van der Waals surface area contributed by atoms with Crippen molar-refractivity contribution in [3.05, 3.63) is 57.0 Å². The molecule has 0 aliphatic rings. The van der Waals surface area contributed by atoms with Crippen molar-refractivity contribution in [2.75, 3.05) is 23.8 Å². The number of ether oxygens (including phenoxy) is 2. The fraction of sp³-hybridized carbons (Fsp3) is 0.211. The zero-order chi connectivity index (χ0) is 20.7. The van der Waals surface area contributed by atoms with Crippen molar-refractivity contribution < 1.29 is 19.1 Å². The lowest BCUT2D eigenvalue weighted by molar-refractivity contribution is 0.0525.